The quantitative estimate of drug-likeness (QED) is 0.568. The summed E-state index contributed by atoms with van der Waals surface area (Å²) in [5, 5.41) is 8.45. The fraction of sp³-hybridized carbons (Fsp3) is 0.316. The number of anilines is 1. The second-order valence-corrected chi connectivity index (χ2v) is 8.94. The fourth-order valence-electron chi connectivity index (χ4n) is 3.36. The summed E-state index contributed by atoms with van der Waals surface area (Å²) >= 11 is 0. The first kappa shape index (κ1) is 22.0. The van der Waals surface area contributed by atoms with Crippen LogP contribution in [0.15, 0.2) is 53.7 Å². The van der Waals surface area contributed by atoms with Gasteiger partial charge in [-0.3, -0.25) is 4.57 Å². The molecule has 3 heterocycles. The number of halogens is 3. The number of hydrogen-bond acceptors (Lipinski definition) is 7. The smallest absolute Gasteiger partial charge is 0.406 e. The molecule has 0 radical (unpaired) electrons. The van der Waals surface area contributed by atoms with E-state index >= 15 is 0 Å². The van der Waals surface area contributed by atoms with E-state index in [2.05, 4.69) is 19.9 Å². The SMILES string of the molecule is Cc1nccn1-c1ccc(N2CCN(S(=O)(=O)c3ccc(OC(F)(F)F)cc3)CC2)nn1. The lowest BCUT2D eigenvalue weighted by molar-refractivity contribution is -0.274. The topological polar surface area (TPSA) is 93.5 Å². The predicted octanol–water partition coefficient (Wildman–Crippen LogP) is 2.38. The van der Waals surface area contributed by atoms with E-state index in [1.807, 2.05) is 24.0 Å². The van der Waals surface area contributed by atoms with Gasteiger partial charge in [-0.2, -0.15) is 4.31 Å². The third-order valence-electron chi connectivity index (χ3n) is 4.97. The standard InChI is InChI=1S/C19H19F3N6O3S/c1-14-23-8-9-28(14)18-7-6-17(24-25-18)26-10-12-27(13-11-26)32(29,30)16-4-2-15(3-5-16)31-19(20,21)22/h2-9H,10-13H2,1H3. The summed E-state index contributed by atoms with van der Waals surface area (Å²) in [4.78, 5) is 5.97. The average Bonchev–Trinajstić information content (AvgIpc) is 3.19. The van der Waals surface area contributed by atoms with Crippen LogP contribution in [0.4, 0.5) is 19.0 Å². The van der Waals surface area contributed by atoms with Crippen molar-refractivity contribution < 1.29 is 26.3 Å². The molecule has 1 aromatic carbocycles. The van der Waals surface area contributed by atoms with E-state index in [1.165, 1.54) is 4.31 Å². The van der Waals surface area contributed by atoms with Crippen LogP contribution in [0, 0.1) is 6.92 Å². The number of piperazine rings is 1. The first-order chi connectivity index (χ1) is 15.1. The molecule has 170 valence electrons. The van der Waals surface area contributed by atoms with E-state index in [1.54, 1.807) is 17.0 Å². The average molecular weight is 468 g/mol. The molecule has 13 heteroatoms. The Labute approximate surface area is 182 Å². The van der Waals surface area contributed by atoms with E-state index in [-0.39, 0.29) is 18.0 Å². The highest BCUT2D eigenvalue weighted by atomic mass is 32.2. The first-order valence-electron chi connectivity index (χ1n) is 9.58. The van der Waals surface area contributed by atoms with Crippen molar-refractivity contribution in [2.75, 3.05) is 31.1 Å². The highest BCUT2D eigenvalue weighted by Crippen LogP contribution is 2.26. The number of hydrogen-bond donors (Lipinski definition) is 0. The lowest BCUT2D eigenvalue weighted by atomic mass is 10.3. The molecule has 1 aliphatic heterocycles. The van der Waals surface area contributed by atoms with Crippen molar-refractivity contribution in [1.82, 2.24) is 24.1 Å². The maximum atomic E-state index is 12.8. The number of rotatable bonds is 5. The van der Waals surface area contributed by atoms with Gasteiger partial charge in [0.25, 0.3) is 0 Å². The van der Waals surface area contributed by atoms with Gasteiger partial charge in [0.05, 0.1) is 4.90 Å². The van der Waals surface area contributed by atoms with Crippen molar-refractivity contribution in [3.05, 3.63) is 54.6 Å². The van der Waals surface area contributed by atoms with Gasteiger partial charge in [-0.25, -0.2) is 13.4 Å². The summed E-state index contributed by atoms with van der Waals surface area (Å²) in [7, 11) is -3.85. The van der Waals surface area contributed by atoms with Gasteiger partial charge in [-0.1, -0.05) is 0 Å². The molecule has 0 saturated carbocycles. The van der Waals surface area contributed by atoms with Crippen LogP contribution in [0.3, 0.4) is 0 Å². The lowest BCUT2D eigenvalue weighted by Gasteiger charge is -2.34. The Morgan fingerprint density at radius 1 is 0.938 bits per heavy atom. The number of sulfonamides is 1. The Bertz CT molecular complexity index is 1170. The van der Waals surface area contributed by atoms with Gasteiger partial charge in [0.15, 0.2) is 11.6 Å². The van der Waals surface area contributed by atoms with Gasteiger partial charge in [-0.05, 0) is 43.3 Å². The summed E-state index contributed by atoms with van der Waals surface area (Å²) in [6.45, 7) is 3.05. The normalized spacial score (nSPS) is 15.7. The number of nitrogens with zero attached hydrogens (tertiary/aromatic N) is 6. The molecule has 0 unspecified atom stereocenters. The molecule has 0 amide bonds. The van der Waals surface area contributed by atoms with Gasteiger partial charge in [0, 0.05) is 38.6 Å². The molecule has 2 aromatic heterocycles. The fourth-order valence-corrected chi connectivity index (χ4v) is 4.78. The molecule has 0 aliphatic carbocycles. The van der Waals surface area contributed by atoms with Crippen molar-refractivity contribution in [2.24, 2.45) is 0 Å². The van der Waals surface area contributed by atoms with Gasteiger partial charge < -0.3 is 9.64 Å². The zero-order valence-corrected chi connectivity index (χ0v) is 17.7. The molecule has 3 aromatic rings. The third-order valence-corrected chi connectivity index (χ3v) is 6.88. The molecule has 32 heavy (non-hydrogen) atoms. The molecular formula is C19H19F3N6O3S. The minimum Gasteiger partial charge on any atom is -0.406 e. The van der Waals surface area contributed by atoms with Crippen molar-refractivity contribution in [2.45, 2.75) is 18.2 Å². The summed E-state index contributed by atoms with van der Waals surface area (Å²) in [6.07, 6.45) is -1.39. The third kappa shape index (κ3) is 4.67. The maximum Gasteiger partial charge on any atom is 0.573 e. The van der Waals surface area contributed by atoms with Crippen molar-refractivity contribution in [3.8, 4) is 11.6 Å². The zero-order chi connectivity index (χ0) is 22.9. The molecule has 0 atom stereocenters. The highest BCUT2D eigenvalue weighted by molar-refractivity contribution is 7.89. The van der Waals surface area contributed by atoms with Crippen LogP contribution < -0.4 is 9.64 Å². The van der Waals surface area contributed by atoms with Gasteiger partial charge in [0.1, 0.15) is 11.6 Å². The maximum absolute atomic E-state index is 12.8. The highest BCUT2D eigenvalue weighted by Gasteiger charge is 2.32. The van der Waals surface area contributed by atoms with Crippen LogP contribution >= 0.6 is 0 Å². The molecule has 0 spiro atoms. The Morgan fingerprint density at radius 3 is 2.09 bits per heavy atom. The molecule has 9 nitrogen and oxygen atoms in total. The number of aryl methyl sites for hydroxylation is 1. The van der Waals surface area contributed by atoms with Crippen LogP contribution in [0.5, 0.6) is 5.75 Å². The van der Waals surface area contributed by atoms with E-state index in [0.717, 1.165) is 30.1 Å². The molecule has 1 saturated heterocycles. The Balaban J connectivity index is 1.40. The van der Waals surface area contributed by atoms with Crippen LogP contribution in [0.2, 0.25) is 0 Å². The first-order valence-corrected chi connectivity index (χ1v) is 11.0. The Hall–Kier alpha value is -3.19. The van der Waals surface area contributed by atoms with Crippen molar-refractivity contribution >= 4 is 15.8 Å². The molecular weight excluding hydrogens is 449 g/mol. The molecule has 1 aliphatic rings. The van der Waals surface area contributed by atoms with Crippen molar-refractivity contribution in [3.63, 3.8) is 0 Å². The Morgan fingerprint density at radius 2 is 1.56 bits per heavy atom. The van der Waals surface area contributed by atoms with Crippen molar-refractivity contribution in [1.29, 1.82) is 0 Å². The predicted molar refractivity (Wildman–Crippen MR) is 108 cm³/mol. The number of alkyl halides is 3. The lowest BCUT2D eigenvalue weighted by Crippen LogP contribution is -2.49. The molecule has 1 fully saturated rings. The van der Waals surface area contributed by atoms with Gasteiger partial charge in [-0.15, -0.1) is 23.4 Å². The minimum atomic E-state index is -4.84. The summed E-state index contributed by atoms with van der Waals surface area (Å²) in [6, 6.07) is 7.79. The monoisotopic (exact) mass is 468 g/mol. The number of ether oxygens (including phenoxy) is 1. The van der Waals surface area contributed by atoms with Crippen LogP contribution in [-0.4, -0.2) is 65.0 Å². The second-order valence-electron chi connectivity index (χ2n) is 7.00. The largest absolute Gasteiger partial charge is 0.573 e. The number of imidazole rings is 1. The van der Waals surface area contributed by atoms with Crippen LogP contribution in [0.1, 0.15) is 5.82 Å². The number of benzene rings is 1. The van der Waals surface area contributed by atoms with Crippen LogP contribution in [-0.2, 0) is 10.0 Å². The summed E-state index contributed by atoms with van der Waals surface area (Å²) in [5.74, 6) is 1.55. The summed E-state index contributed by atoms with van der Waals surface area (Å²) < 4.78 is 69.4. The van der Waals surface area contributed by atoms with Crippen LogP contribution in [0.25, 0.3) is 5.82 Å². The minimum absolute atomic E-state index is 0.0969. The van der Waals surface area contributed by atoms with E-state index < -0.39 is 22.1 Å². The summed E-state index contributed by atoms with van der Waals surface area (Å²) in [5.41, 5.74) is 0. The molecule has 0 N–H and O–H groups in total. The molecule has 4 rings (SSSR count). The molecule has 0 bridgehead atoms. The van der Waals surface area contributed by atoms with E-state index in [9.17, 15) is 21.6 Å². The Kier molecular flexibility index (Phi) is 5.77. The second kappa shape index (κ2) is 8.39. The van der Waals surface area contributed by atoms with E-state index in [0.29, 0.717) is 24.7 Å². The zero-order valence-electron chi connectivity index (χ0n) is 16.9. The number of aromatic nitrogens is 4. The van der Waals surface area contributed by atoms with Gasteiger partial charge in [0.2, 0.25) is 10.0 Å². The van der Waals surface area contributed by atoms with E-state index in [4.69, 9.17) is 0 Å². The van der Waals surface area contributed by atoms with Gasteiger partial charge >= 0.3 is 6.36 Å².